The zero-order valence-electron chi connectivity index (χ0n) is 64.7. The average molecular weight is 1540 g/mol. The lowest BCUT2D eigenvalue weighted by Crippen LogP contribution is -2.59. The number of ketones is 1. The molecule has 6 aliphatic carbocycles. The number of carboxylic acids is 1. The van der Waals surface area contributed by atoms with E-state index in [-0.39, 0.29) is 56.3 Å². The molecule has 8 fully saturated rings. The van der Waals surface area contributed by atoms with Gasteiger partial charge in [-0.25, -0.2) is 34.3 Å². The Bertz CT molecular complexity index is 4210. The molecule has 2 saturated heterocycles. The molecule has 25 nitrogen and oxygen atoms in total. The van der Waals surface area contributed by atoms with Gasteiger partial charge >= 0.3 is 18.2 Å². The van der Waals surface area contributed by atoms with Crippen LogP contribution in [-0.2, 0) is 38.2 Å². The zero-order chi connectivity index (χ0) is 78.1. The Hall–Kier alpha value is -9.24. The molecule has 0 spiro atoms. The van der Waals surface area contributed by atoms with Crippen molar-refractivity contribution >= 4 is 102 Å². The van der Waals surface area contributed by atoms with Gasteiger partial charge in [-0.3, -0.25) is 24.0 Å². The highest BCUT2D eigenvalue weighted by Gasteiger charge is 2.62. The summed E-state index contributed by atoms with van der Waals surface area (Å²) in [6.45, 7) is 24.3. The number of hydrogen-bond acceptors (Lipinski definition) is 20. The van der Waals surface area contributed by atoms with E-state index in [4.69, 9.17) is 38.9 Å². The Labute approximate surface area is 651 Å². The van der Waals surface area contributed by atoms with Crippen molar-refractivity contribution in [1.82, 2.24) is 51.0 Å². The normalized spacial score (nSPS) is 24.7. The van der Waals surface area contributed by atoms with Crippen LogP contribution in [0.4, 0.5) is 19.9 Å². The first kappa shape index (κ1) is 78.9. The number of pyridine rings is 2. The number of ether oxygens (including phenoxy) is 4. The number of nitrogens with zero attached hydrogens (tertiary/aromatic N) is 6. The highest BCUT2D eigenvalue weighted by atomic mass is 32.1. The molecule has 8 aliphatic rings. The number of amides is 6. The van der Waals surface area contributed by atoms with Crippen LogP contribution in [0.15, 0.2) is 84.6 Å². The summed E-state index contributed by atoms with van der Waals surface area (Å²) in [5, 5.41) is 35.9. The molecule has 6 heterocycles. The standard InChI is InChI=1S/C42H54N6O6S.C41H52N6O7S/c1-7-26-21-42(26,25(3)49)47-37(50)34-19-29(22-48(34)38(51)36(41(4,5)6)46-40(52)54-28-14-10-11-15-28)53-35-20-32(44-31-18-24(2)16-17-30(31)35)33-23-55-39(45-33)43-27-12-8-9-13-27;1-6-24-20-41(24,37(50)51)46-35(48)32-18-27(21-47(32)36(49)34(40(3,4)5)45-39(52)54-26-13-9-10-14-26)53-33-19-30(43-29-17-23(2)15-16-28(29)33)31-22-55-38(44-31)42-25-11-7-8-12-25/h7,16-18,20,23,26-29,34,36H,1,8-15,19,21-22H2,2-6H3,(H,43,45)(H,46,52)(H,47,50);6,15-17,19,22,24-27,32,34H,1,7-14,18,20-21H2,2-5H3,(H,42,44)(H,45,52)(H,46,48)(H,50,51)/t26-,29-,34+,36-,42+;24-,27-,32+,34-,41-/m11/s1. The average Bonchev–Trinajstić information content (AvgIpc) is 1.58. The number of aliphatic carboxylic acids is 1. The molecule has 2 aliphatic heterocycles. The smallest absolute Gasteiger partial charge is 0.408 e. The molecule has 14 rings (SSSR count). The Balaban J connectivity index is 0.000000193. The van der Waals surface area contributed by atoms with Gasteiger partial charge in [0.1, 0.15) is 82.5 Å². The third-order valence-corrected chi connectivity index (χ3v) is 24.8. The molecule has 6 aromatic rings. The minimum Gasteiger partial charge on any atom is -0.488 e. The molecule has 2 aromatic carbocycles. The largest absolute Gasteiger partial charge is 0.488 e. The van der Waals surface area contributed by atoms with Gasteiger partial charge in [-0.1, -0.05) is 91.5 Å². The van der Waals surface area contributed by atoms with Crippen LogP contribution in [0, 0.1) is 36.5 Å². The van der Waals surface area contributed by atoms with E-state index in [1.807, 2.05) is 115 Å². The highest BCUT2D eigenvalue weighted by molar-refractivity contribution is 7.14. The molecule has 0 bridgehead atoms. The molecule has 7 N–H and O–H groups in total. The molecular formula is C83H106N12O13S2. The second kappa shape index (κ2) is 32.6. The number of benzene rings is 2. The van der Waals surface area contributed by atoms with E-state index >= 15 is 0 Å². The molecule has 0 unspecified atom stereocenters. The van der Waals surface area contributed by atoms with E-state index in [0.717, 1.165) is 126 Å². The van der Waals surface area contributed by atoms with Crippen LogP contribution in [0.25, 0.3) is 44.6 Å². The van der Waals surface area contributed by atoms with Gasteiger partial charge in [-0.15, -0.1) is 35.8 Å². The Morgan fingerprint density at radius 1 is 0.536 bits per heavy atom. The number of carbonyl (C=O) groups excluding carboxylic acids is 7. The maximum Gasteiger partial charge on any atom is 0.408 e. The van der Waals surface area contributed by atoms with Gasteiger partial charge in [0, 0.05) is 70.4 Å². The number of aryl methyl sites for hydroxylation is 2. The molecule has 10 atom stereocenters. The van der Waals surface area contributed by atoms with Crippen molar-refractivity contribution in [3.8, 4) is 34.3 Å². The number of carboxylic acid groups (broad SMARTS) is 1. The topological polar surface area (TPSA) is 324 Å². The zero-order valence-corrected chi connectivity index (χ0v) is 66.3. The monoisotopic (exact) mass is 1540 g/mol. The lowest BCUT2D eigenvalue weighted by molar-refractivity contribution is -0.146. The summed E-state index contributed by atoms with van der Waals surface area (Å²) < 4.78 is 24.9. The maximum absolute atomic E-state index is 14.6. The molecule has 0 radical (unpaired) electrons. The van der Waals surface area contributed by atoms with Crippen molar-refractivity contribution in [3.63, 3.8) is 0 Å². The lowest BCUT2D eigenvalue weighted by atomic mass is 9.85. The van der Waals surface area contributed by atoms with Crippen LogP contribution < -0.4 is 41.4 Å². The van der Waals surface area contributed by atoms with E-state index in [1.54, 1.807) is 17.4 Å². The predicted octanol–water partition coefficient (Wildman–Crippen LogP) is 13.7. The fourth-order valence-electron chi connectivity index (χ4n) is 16.7. The summed E-state index contributed by atoms with van der Waals surface area (Å²) in [6.07, 6.45) is 17.7. The van der Waals surface area contributed by atoms with Crippen molar-refractivity contribution in [1.29, 1.82) is 0 Å². The predicted molar refractivity (Wildman–Crippen MR) is 423 cm³/mol. The molecule has 27 heteroatoms. The van der Waals surface area contributed by atoms with Gasteiger partial charge in [-0.2, -0.15) is 0 Å². The van der Waals surface area contributed by atoms with E-state index < -0.39 is 106 Å². The molecule has 6 amide bonds. The summed E-state index contributed by atoms with van der Waals surface area (Å²) in [5.74, 6) is -2.81. The number of alkyl carbamates (subject to hydrolysis) is 2. The van der Waals surface area contributed by atoms with Crippen molar-refractivity contribution < 1.29 is 62.4 Å². The Morgan fingerprint density at radius 3 is 1.28 bits per heavy atom. The van der Waals surface area contributed by atoms with Gasteiger partial charge in [0.25, 0.3) is 0 Å². The lowest BCUT2D eigenvalue weighted by Gasteiger charge is -2.35. The van der Waals surface area contributed by atoms with Crippen LogP contribution in [0.1, 0.15) is 188 Å². The van der Waals surface area contributed by atoms with E-state index in [9.17, 15) is 43.5 Å². The summed E-state index contributed by atoms with van der Waals surface area (Å²) >= 11 is 3.09. The number of rotatable bonds is 24. The number of hydrogen-bond donors (Lipinski definition) is 7. The minimum absolute atomic E-state index is 0.0188. The number of nitrogens with one attached hydrogen (secondary N) is 6. The number of likely N-dealkylation sites (tertiary alicyclic amines) is 2. The molecule has 588 valence electrons. The third-order valence-electron chi connectivity index (χ3n) is 23.2. The number of carbonyl (C=O) groups is 8. The number of thiazole rings is 2. The van der Waals surface area contributed by atoms with Crippen molar-refractivity contribution in [2.45, 2.75) is 262 Å². The summed E-state index contributed by atoms with van der Waals surface area (Å²) in [7, 11) is 0. The first-order valence-corrected chi connectivity index (χ1v) is 41.0. The van der Waals surface area contributed by atoms with Gasteiger partial charge < -0.3 is 65.8 Å². The fraction of sp³-hybridized carbons (Fsp3) is 0.566. The number of Topliss-reactive ketones (excluding diaryl/α,β-unsaturated/α-hetero) is 1. The fourth-order valence-corrected chi connectivity index (χ4v) is 18.2. The van der Waals surface area contributed by atoms with Crippen molar-refractivity contribution in [2.24, 2.45) is 22.7 Å². The van der Waals surface area contributed by atoms with Crippen LogP contribution in [0.3, 0.4) is 0 Å². The third kappa shape index (κ3) is 17.7. The van der Waals surface area contributed by atoms with Gasteiger partial charge in [-0.05, 0) is 157 Å². The van der Waals surface area contributed by atoms with Crippen molar-refractivity contribution in [2.75, 3.05) is 23.7 Å². The molecular weight excluding hydrogens is 1440 g/mol. The van der Waals surface area contributed by atoms with Crippen LogP contribution in [-0.4, -0.2) is 167 Å². The van der Waals surface area contributed by atoms with Gasteiger partial charge in [0.2, 0.25) is 23.6 Å². The molecule has 110 heavy (non-hydrogen) atoms. The van der Waals surface area contributed by atoms with Gasteiger partial charge in [0.05, 0.1) is 35.5 Å². The van der Waals surface area contributed by atoms with Gasteiger partial charge in [0.15, 0.2) is 16.0 Å². The van der Waals surface area contributed by atoms with Crippen LogP contribution >= 0.6 is 22.7 Å². The Morgan fingerprint density at radius 2 is 0.918 bits per heavy atom. The SMILES string of the molecule is C=C[C@@H]1C[C@]1(NC(=O)[C@@H]1C[C@@H](Oc2cc(-c3csc(NC4CCCC4)n3)nc3cc(C)ccc23)CN1C(=O)[C@@H](NC(=O)OC1CCCC1)C(C)(C)C)C(=O)O.C=C[C@@H]1C[C@]1(NC(=O)[C@@H]1C[C@@H](Oc2cc(-c3csc(NC4CCCC4)n3)nc3cc(C)ccc23)CN1C(=O)[C@@H](NC(=O)OC1CCCC1)C(C)(C)C)C(C)=O. The maximum atomic E-state index is 14.6. The molecule has 4 aromatic heterocycles. The minimum atomic E-state index is -1.49. The summed E-state index contributed by atoms with van der Waals surface area (Å²) in [5.41, 5.74) is 2.26. The number of fused-ring (bicyclic) bond motifs is 2. The van der Waals surface area contributed by atoms with Crippen LogP contribution in [0.5, 0.6) is 11.5 Å². The number of anilines is 2. The summed E-state index contributed by atoms with van der Waals surface area (Å²) in [6, 6.07) is 12.4. The highest BCUT2D eigenvalue weighted by Crippen LogP contribution is 2.47. The van der Waals surface area contributed by atoms with E-state index in [0.29, 0.717) is 47.1 Å². The van der Waals surface area contributed by atoms with E-state index in [1.165, 1.54) is 59.8 Å². The second-order valence-corrected chi connectivity index (χ2v) is 35.4. The quantitative estimate of drug-likeness (QED) is 0.0277. The van der Waals surface area contributed by atoms with Crippen molar-refractivity contribution in [3.05, 3.63) is 95.7 Å². The van der Waals surface area contributed by atoms with E-state index in [2.05, 4.69) is 45.1 Å². The first-order valence-electron chi connectivity index (χ1n) is 39.3. The first-order chi connectivity index (χ1) is 52.5. The Kier molecular flexibility index (Phi) is 23.4. The van der Waals surface area contributed by atoms with Crippen LogP contribution in [0.2, 0.25) is 0 Å². The summed E-state index contributed by atoms with van der Waals surface area (Å²) in [4.78, 5) is 132. The number of aromatic nitrogens is 4. The molecule has 6 saturated carbocycles. The second-order valence-electron chi connectivity index (χ2n) is 33.7.